The van der Waals surface area contributed by atoms with Gasteiger partial charge in [0.25, 0.3) is 0 Å². The minimum atomic E-state index is -4.38. The van der Waals surface area contributed by atoms with Crippen molar-refractivity contribution in [2.24, 2.45) is 0 Å². The molecule has 0 amide bonds. The first-order chi connectivity index (χ1) is 2.56. The molecule has 0 rings (SSSR count). The van der Waals surface area contributed by atoms with E-state index in [2.05, 4.69) is 15.9 Å². The van der Waals surface area contributed by atoms with Crippen LogP contribution in [0.15, 0.2) is 0 Å². The Balaban J connectivity index is -0.0000000208. The van der Waals surface area contributed by atoms with E-state index in [1.54, 1.807) is 0 Å². The molecule has 0 bridgehead atoms. The van der Waals surface area contributed by atoms with Gasteiger partial charge in [-0.25, -0.2) is 4.57 Å². The zero-order chi connectivity index (χ0) is 5.21. The topological polar surface area (TPSA) is 66.8 Å². The zero-order valence-corrected chi connectivity index (χ0v) is 10.2. The quantitative estimate of drug-likeness (QED) is 0.312. The van der Waals surface area contributed by atoms with Crippen molar-refractivity contribution in [3.05, 3.63) is 0 Å². The van der Waals surface area contributed by atoms with Crippen molar-refractivity contribution in [3.8, 4) is 0 Å². The molecule has 0 aliphatic heterocycles. The summed E-state index contributed by atoms with van der Waals surface area (Å²) < 4.78 is 12.4. The molecule has 42 valence electrons. The zero-order valence-electron chi connectivity index (χ0n) is 6.54. The van der Waals surface area contributed by atoms with Crippen LogP contribution in [0.25, 0.3) is 0 Å². The third-order valence-electron chi connectivity index (χ3n) is 0.0899. The van der Waals surface area contributed by atoms with Gasteiger partial charge in [0.05, 0.1) is 11.9 Å². The molecule has 0 heterocycles. The molecule has 0 unspecified atom stereocenters. The molecule has 0 aliphatic carbocycles. The summed E-state index contributed by atoms with van der Waals surface area (Å²) in [5.74, 6) is 0. The van der Waals surface area contributed by atoms with E-state index in [1.165, 1.54) is 0 Å². The van der Waals surface area contributed by atoms with Gasteiger partial charge in [0.1, 0.15) is 0 Å². The van der Waals surface area contributed by atoms with Crippen LogP contribution in [0.5, 0.6) is 0 Å². The van der Waals surface area contributed by atoms with Crippen molar-refractivity contribution in [3.63, 3.8) is 0 Å². The van der Waals surface area contributed by atoms with Gasteiger partial charge in [0.2, 0.25) is 0 Å². The molecule has 0 aromatic heterocycles. The first-order valence-electron chi connectivity index (χ1n) is 0.919. The molecule has 0 aromatic carbocycles. The van der Waals surface area contributed by atoms with Gasteiger partial charge in [-0.15, -0.1) is 0 Å². The Morgan fingerprint density at radius 2 is 1.62 bits per heavy atom. The van der Waals surface area contributed by atoms with Gasteiger partial charge in [-0.05, 0) is 0 Å². The molecule has 0 aliphatic rings. The number of hydrogen-bond donors (Lipinski definition) is 2. The number of rotatable bonds is 1. The molecule has 0 fully saturated rings. The van der Waals surface area contributed by atoms with Gasteiger partial charge in [-0.2, -0.15) is 4.08 Å². The predicted molar refractivity (Wildman–Crippen MR) is 21.2 cm³/mol. The normalized spacial score (nSPS) is 8.88. The molecule has 8 heteroatoms. The maximum absolute atomic E-state index is 9.34. The van der Waals surface area contributed by atoms with E-state index in [4.69, 9.17) is 9.79 Å². The molecular weight excluding hydrogens is 176 g/mol. The van der Waals surface area contributed by atoms with Crippen LogP contribution in [0.3, 0.4) is 0 Å². The second-order valence-corrected chi connectivity index (χ2v) is 2.09. The molecule has 0 radical (unpaired) electrons. The van der Waals surface area contributed by atoms with E-state index < -0.39 is 7.82 Å². The van der Waals surface area contributed by atoms with Gasteiger partial charge >= 0.3 is 66.9 Å². The third kappa shape index (κ3) is 15.8. The van der Waals surface area contributed by atoms with Crippen molar-refractivity contribution in [2.75, 3.05) is 0 Å². The van der Waals surface area contributed by atoms with E-state index in [9.17, 15) is 4.57 Å². The van der Waals surface area contributed by atoms with Crippen molar-refractivity contribution in [1.29, 1.82) is 0 Å². The van der Waals surface area contributed by atoms with Gasteiger partial charge < -0.3 is 12.6 Å². The summed E-state index contributed by atoms with van der Waals surface area (Å²) in [5, 5.41) is 0. The first kappa shape index (κ1) is 16.8. The SMILES string of the molecule is O=P(O)(O)OCl.[H-].[H-].[Na+].[Na+]. The summed E-state index contributed by atoms with van der Waals surface area (Å²) in [5.41, 5.74) is 0. The molecule has 0 saturated heterocycles. The predicted octanol–water partition coefficient (Wildman–Crippen LogP) is -5.52. The molecular formula is H4ClNa2O4P. The average Bonchev–Trinajstić information content (AvgIpc) is 1.35. The first-order valence-corrected chi connectivity index (χ1v) is 2.76. The number of phosphoric acid groups is 1. The fourth-order valence-electron chi connectivity index (χ4n) is 0. The smallest absolute Gasteiger partial charge is 1.00 e. The Hall–Kier alpha value is 2.40. The van der Waals surface area contributed by atoms with Crippen molar-refractivity contribution in [2.45, 2.75) is 0 Å². The van der Waals surface area contributed by atoms with Crippen molar-refractivity contribution < 1.29 is 80.4 Å². The van der Waals surface area contributed by atoms with Gasteiger partial charge in [0, 0.05) is 0 Å². The largest absolute Gasteiger partial charge is 1.00 e. The summed E-state index contributed by atoms with van der Waals surface area (Å²) in [4.78, 5) is 15.2. The monoisotopic (exact) mass is 180 g/mol. The van der Waals surface area contributed by atoms with Crippen molar-refractivity contribution >= 4 is 19.7 Å². The van der Waals surface area contributed by atoms with Gasteiger partial charge in [-0.3, -0.25) is 0 Å². The standard InChI is InChI=1S/ClH2O4P.2Na.2H/c1-5-6(2,3)4;;;;/h(H2,2,3,4);;;;/q;2*+1;2*-1. The summed E-state index contributed by atoms with van der Waals surface area (Å²) >= 11 is 4.21. The number of hydrogen-bond acceptors (Lipinski definition) is 2. The Bertz CT molecular complexity index is 85.3. The van der Waals surface area contributed by atoms with E-state index in [0.717, 1.165) is 0 Å². The summed E-state index contributed by atoms with van der Waals surface area (Å²) in [7, 11) is -4.38. The van der Waals surface area contributed by atoms with Crippen LogP contribution < -0.4 is 59.1 Å². The van der Waals surface area contributed by atoms with Gasteiger partial charge in [0.15, 0.2) is 0 Å². The fraction of sp³-hybridized carbons (Fsp3) is 0. The third-order valence-corrected chi connectivity index (χ3v) is 0.809. The molecule has 0 aromatic rings. The van der Waals surface area contributed by atoms with Crippen LogP contribution >= 0.6 is 19.7 Å². The van der Waals surface area contributed by atoms with Crippen LogP contribution in [-0.2, 0) is 8.64 Å². The van der Waals surface area contributed by atoms with Crippen LogP contribution in [0, 0.1) is 0 Å². The Morgan fingerprint density at radius 1 is 1.50 bits per heavy atom. The molecule has 0 saturated carbocycles. The molecule has 0 spiro atoms. The Morgan fingerprint density at radius 3 is 1.62 bits per heavy atom. The second kappa shape index (κ2) is 7.51. The summed E-state index contributed by atoms with van der Waals surface area (Å²) in [6.07, 6.45) is 0. The molecule has 4 nitrogen and oxygen atoms in total. The number of halogens is 1. The molecule has 0 atom stereocenters. The van der Waals surface area contributed by atoms with Gasteiger partial charge in [-0.1, -0.05) is 0 Å². The van der Waals surface area contributed by atoms with Crippen molar-refractivity contribution in [1.82, 2.24) is 0 Å². The summed E-state index contributed by atoms with van der Waals surface area (Å²) in [6.45, 7) is 0. The Kier molecular flexibility index (Phi) is 15.7. The molecule has 8 heavy (non-hydrogen) atoms. The van der Waals surface area contributed by atoms with E-state index in [0.29, 0.717) is 0 Å². The van der Waals surface area contributed by atoms with Crippen LogP contribution in [0.2, 0.25) is 0 Å². The fourth-order valence-corrected chi connectivity index (χ4v) is 0. The van der Waals surface area contributed by atoms with Crippen LogP contribution in [0.1, 0.15) is 2.85 Å². The van der Waals surface area contributed by atoms with E-state index in [-0.39, 0.29) is 62.0 Å². The minimum Gasteiger partial charge on any atom is -1.00 e. The van der Waals surface area contributed by atoms with E-state index >= 15 is 0 Å². The van der Waals surface area contributed by atoms with E-state index in [1.807, 2.05) is 0 Å². The van der Waals surface area contributed by atoms with Crippen LogP contribution in [-0.4, -0.2) is 9.79 Å². The molecule has 2 N–H and O–H groups in total. The maximum atomic E-state index is 9.34. The minimum absolute atomic E-state index is 0. The Labute approximate surface area is 98.9 Å². The average molecular weight is 180 g/mol. The summed E-state index contributed by atoms with van der Waals surface area (Å²) in [6, 6.07) is 0. The maximum Gasteiger partial charge on any atom is 1.00 e. The second-order valence-electron chi connectivity index (χ2n) is 0.560. The van der Waals surface area contributed by atoms with Crippen LogP contribution in [0.4, 0.5) is 0 Å².